The zero-order valence-corrected chi connectivity index (χ0v) is 17.2. The minimum atomic E-state index is -0.657. The number of nitrogens with one attached hydrogen (secondary N) is 2. The number of aliphatic hydroxyl groups is 1. The molecule has 7 heteroatoms. The van der Waals surface area contributed by atoms with Gasteiger partial charge in [0.2, 0.25) is 0 Å². The van der Waals surface area contributed by atoms with E-state index in [2.05, 4.69) is 17.2 Å². The molecule has 0 saturated carbocycles. The van der Waals surface area contributed by atoms with Crippen LogP contribution in [0.4, 0.5) is 11.4 Å². The molecular weight excluding hydrogens is 358 g/mol. The van der Waals surface area contributed by atoms with E-state index >= 15 is 0 Å². The summed E-state index contributed by atoms with van der Waals surface area (Å²) in [5, 5.41) is 16.7. The van der Waals surface area contributed by atoms with Gasteiger partial charge < -0.3 is 20.6 Å². The SMILES string of the molecule is C=C(C)C(CC)(CC)Nc1c(NC2CC=CC(C(=O)N(C)C)=C2O)c(=O)c1=O. The summed E-state index contributed by atoms with van der Waals surface area (Å²) in [6.07, 6.45) is 5.12. The summed E-state index contributed by atoms with van der Waals surface area (Å²) in [7, 11) is 3.19. The van der Waals surface area contributed by atoms with Crippen molar-refractivity contribution in [1.82, 2.24) is 4.90 Å². The molecule has 0 aromatic heterocycles. The van der Waals surface area contributed by atoms with E-state index in [1.165, 1.54) is 4.90 Å². The zero-order chi connectivity index (χ0) is 21.2. The van der Waals surface area contributed by atoms with Crippen molar-refractivity contribution in [3.05, 3.63) is 56.1 Å². The Morgan fingerprint density at radius 1 is 1.25 bits per heavy atom. The molecule has 28 heavy (non-hydrogen) atoms. The van der Waals surface area contributed by atoms with Crippen LogP contribution >= 0.6 is 0 Å². The van der Waals surface area contributed by atoms with Crippen molar-refractivity contribution in [2.24, 2.45) is 0 Å². The van der Waals surface area contributed by atoms with E-state index in [1.54, 1.807) is 26.2 Å². The Kier molecular flexibility index (Phi) is 6.17. The van der Waals surface area contributed by atoms with Crippen molar-refractivity contribution >= 4 is 17.3 Å². The van der Waals surface area contributed by atoms with Crippen LogP contribution in [0.25, 0.3) is 0 Å². The van der Waals surface area contributed by atoms with Crippen molar-refractivity contribution in [3.8, 4) is 0 Å². The van der Waals surface area contributed by atoms with E-state index in [-0.39, 0.29) is 28.6 Å². The van der Waals surface area contributed by atoms with E-state index in [4.69, 9.17) is 0 Å². The Hall–Kier alpha value is -2.83. The molecule has 152 valence electrons. The fourth-order valence-corrected chi connectivity index (χ4v) is 3.45. The maximum atomic E-state index is 12.2. The first kappa shape index (κ1) is 21.5. The van der Waals surface area contributed by atoms with Crippen LogP contribution in [0.3, 0.4) is 0 Å². The van der Waals surface area contributed by atoms with Crippen LogP contribution in [-0.2, 0) is 4.79 Å². The minimum Gasteiger partial charge on any atom is -0.509 e. The van der Waals surface area contributed by atoms with Crippen LogP contribution in [0, 0.1) is 0 Å². The molecule has 7 nitrogen and oxygen atoms in total. The highest BCUT2D eigenvalue weighted by molar-refractivity contribution is 5.97. The van der Waals surface area contributed by atoms with Gasteiger partial charge in [-0.05, 0) is 32.3 Å². The molecule has 0 saturated heterocycles. The number of carbonyl (C=O) groups is 1. The Labute approximate surface area is 165 Å². The maximum Gasteiger partial charge on any atom is 0.256 e. The monoisotopic (exact) mass is 387 g/mol. The lowest BCUT2D eigenvalue weighted by molar-refractivity contribution is -0.124. The largest absolute Gasteiger partial charge is 0.509 e. The fourth-order valence-electron chi connectivity index (χ4n) is 3.45. The average Bonchev–Trinajstić information content (AvgIpc) is 2.67. The number of likely N-dealkylation sites (N-methyl/N-ethyl adjacent to an activating group) is 1. The number of nitrogens with zero attached hydrogens (tertiary/aromatic N) is 1. The summed E-state index contributed by atoms with van der Waals surface area (Å²) < 4.78 is 0. The molecule has 0 bridgehead atoms. The summed E-state index contributed by atoms with van der Waals surface area (Å²) in [5.74, 6) is -0.473. The number of rotatable bonds is 8. The van der Waals surface area contributed by atoms with Gasteiger partial charge in [-0.15, -0.1) is 0 Å². The molecule has 1 atom stereocenters. The third-order valence-electron chi connectivity index (χ3n) is 5.52. The molecule has 1 amide bonds. The molecule has 3 N–H and O–H groups in total. The smallest absolute Gasteiger partial charge is 0.256 e. The number of hydrogen-bond acceptors (Lipinski definition) is 6. The Morgan fingerprint density at radius 3 is 2.32 bits per heavy atom. The fraction of sp³-hybridized carbons (Fsp3) is 0.476. The molecule has 1 aliphatic carbocycles. The van der Waals surface area contributed by atoms with Crippen LogP contribution < -0.4 is 21.5 Å². The van der Waals surface area contributed by atoms with Crippen molar-refractivity contribution in [2.45, 2.75) is 51.6 Å². The number of aliphatic hydroxyl groups excluding tert-OH is 1. The number of hydrogen-bond donors (Lipinski definition) is 3. The third kappa shape index (κ3) is 3.61. The number of amides is 1. The Balaban J connectivity index is 2.34. The first-order chi connectivity index (χ1) is 13.1. The molecule has 1 aliphatic rings. The molecule has 2 rings (SSSR count). The first-order valence-electron chi connectivity index (χ1n) is 9.44. The minimum absolute atomic E-state index is 0.140. The molecule has 0 heterocycles. The lowest BCUT2D eigenvalue weighted by Crippen LogP contribution is -2.47. The lowest BCUT2D eigenvalue weighted by Gasteiger charge is -2.36. The lowest BCUT2D eigenvalue weighted by atomic mass is 9.85. The van der Waals surface area contributed by atoms with E-state index < -0.39 is 22.4 Å². The molecule has 1 aromatic rings. The second-order valence-corrected chi connectivity index (χ2v) is 7.44. The summed E-state index contributed by atoms with van der Waals surface area (Å²) in [6.45, 7) is 9.89. The third-order valence-corrected chi connectivity index (χ3v) is 5.52. The van der Waals surface area contributed by atoms with Gasteiger partial charge in [-0.2, -0.15) is 0 Å². The van der Waals surface area contributed by atoms with Crippen LogP contribution in [0.15, 0.2) is 45.2 Å². The van der Waals surface area contributed by atoms with E-state index in [0.29, 0.717) is 19.3 Å². The first-order valence-corrected chi connectivity index (χ1v) is 9.44. The van der Waals surface area contributed by atoms with Crippen molar-refractivity contribution in [3.63, 3.8) is 0 Å². The highest BCUT2D eigenvalue weighted by Crippen LogP contribution is 2.31. The summed E-state index contributed by atoms with van der Waals surface area (Å²) in [6, 6.07) is -0.657. The van der Waals surface area contributed by atoms with Crippen LogP contribution in [-0.4, -0.2) is 41.6 Å². The highest BCUT2D eigenvalue weighted by atomic mass is 16.3. The second kappa shape index (κ2) is 8.04. The van der Waals surface area contributed by atoms with Crippen LogP contribution in [0.5, 0.6) is 0 Å². The predicted octanol–water partition coefficient (Wildman–Crippen LogP) is 2.47. The van der Waals surface area contributed by atoms with E-state index in [0.717, 1.165) is 5.57 Å². The van der Waals surface area contributed by atoms with Gasteiger partial charge in [-0.3, -0.25) is 14.4 Å². The quantitative estimate of drug-likeness (QED) is 0.468. The van der Waals surface area contributed by atoms with Gasteiger partial charge >= 0.3 is 0 Å². The topological polar surface area (TPSA) is 98.7 Å². The molecule has 1 aromatic carbocycles. The van der Waals surface area contributed by atoms with Gasteiger partial charge in [0.25, 0.3) is 16.8 Å². The summed E-state index contributed by atoms with van der Waals surface area (Å²) in [5.41, 5.74) is -0.322. The molecule has 0 aliphatic heterocycles. The summed E-state index contributed by atoms with van der Waals surface area (Å²) in [4.78, 5) is 38.0. The predicted molar refractivity (Wildman–Crippen MR) is 113 cm³/mol. The molecule has 1 unspecified atom stereocenters. The van der Waals surface area contributed by atoms with E-state index in [9.17, 15) is 19.5 Å². The zero-order valence-electron chi connectivity index (χ0n) is 17.2. The normalized spacial score (nSPS) is 17.0. The summed E-state index contributed by atoms with van der Waals surface area (Å²) >= 11 is 0. The van der Waals surface area contributed by atoms with Gasteiger partial charge in [0.15, 0.2) is 0 Å². The van der Waals surface area contributed by atoms with Gasteiger partial charge in [0, 0.05) is 14.1 Å². The number of anilines is 2. The molecule has 0 fully saturated rings. The van der Waals surface area contributed by atoms with Crippen molar-refractivity contribution in [2.75, 3.05) is 24.7 Å². The van der Waals surface area contributed by atoms with Gasteiger partial charge in [0.1, 0.15) is 17.1 Å². The standard InChI is InChI=1S/C21H29N3O4/c1-7-21(8-2,12(3)4)23-16-15(18(26)19(16)27)22-14-11-9-10-13(17(14)25)20(28)24(5)6/h9-10,14,22-23,25H,3,7-8,11H2,1-2,4-6H3. The maximum absolute atomic E-state index is 12.2. The van der Waals surface area contributed by atoms with Crippen molar-refractivity contribution in [1.29, 1.82) is 0 Å². The van der Waals surface area contributed by atoms with Crippen LogP contribution in [0.2, 0.25) is 0 Å². The van der Waals surface area contributed by atoms with E-state index in [1.807, 2.05) is 20.8 Å². The number of carbonyl (C=O) groups excluding carboxylic acids is 1. The second-order valence-electron chi connectivity index (χ2n) is 7.44. The molecule has 0 radical (unpaired) electrons. The Bertz CT molecular complexity index is 913. The molecule has 0 spiro atoms. The van der Waals surface area contributed by atoms with Gasteiger partial charge in [-0.1, -0.05) is 32.1 Å². The average molecular weight is 387 g/mol. The molecular formula is C21H29N3O4. The highest BCUT2D eigenvalue weighted by Gasteiger charge is 2.34. The van der Waals surface area contributed by atoms with Gasteiger partial charge in [-0.25, -0.2) is 0 Å². The Morgan fingerprint density at radius 2 is 1.82 bits per heavy atom. The van der Waals surface area contributed by atoms with Gasteiger partial charge in [0.05, 0.1) is 17.2 Å². The van der Waals surface area contributed by atoms with Crippen LogP contribution in [0.1, 0.15) is 40.0 Å². The van der Waals surface area contributed by atoms with Crippen molar-refractivity contribution < 1.29 is 9.90 Å².